The second-order valence-electron chi connectivity index (χ2n) is 16.3. The van der Waals surface area contributed by atoms with Crippen LogP contribution in [0.1, 0.15) is 37.5 Å². The summed E-state index contributed by atoms with van der Waals surface area (Å²) in [7, 11) is -5.25. The summed E-state index contributed by atoms with van der Waals surface area (Å²) in [6.45, 7) is 3.66. The normalized spacial score (nSPS) is 12.5. The summed E-state index contributed by atoms with van der Waals surface area (Å²) in [6.07, 6.45) is -2.28. The summed E-state index contributed by atoms with van der Waals surface area (Å²) < 4.78 is 87.9. The lowest BCUT2D eigenvalue weighted by atomic mass is 9.98. The van der Waals surface area contributed by atoms with Crippen LogP contribution in [-0.4, -0.2) is 104 Å². The van der Waals surface area contributed by atoms with Gasteiger partial charge in [-0.15, -0.1) is 21.5 Å². The van der Waals surface area contributed by atoms with E-state index in [9.17, 15) is 18.3 Å². The Hall–Kier alpha value is -6.01. The Morgan fingerprint density at radius 3 is 1.93 bits per heavy atom. The summed E-state index contributed by atoms with van der Waals surface area (Å²) in [4.78, 5) is 17.0. The van der Waals surface area contributed by atoms with Gasteiger partial charge in [0, 0.05) is 31.7 Å². The molecular formula is C46H49BrN8O10S3. The van der Waals surface area contributed by atoms with Crippen molar-refractivity contribution in [2.75, 3.05) is 34.4 Å². The first-order valence-corrected chi connectivity index (χ1v) is 25.4. The van der Waals surface area contributed by atoms with Crippen LogP contribution in [0.2, 0.25) is 0 Å². The van der Waals surface area contributed by atoms with Gasteiger partial charge in [-0.1, -0.05) is 54.6 Å². The molecule has 0 saturated carbocycles. The minimum Gasteiger partial charge on any atom is -0.497 e. The monoisotopic (exact) mass is 1050 g/mol. The molecule has 2 heterocycles. The minimum absolute atomic E-state index is 0.110. The van der Waals surface area contributed by atoms with Crippen LogP contribution in [0.4, 0.5) is 4.79 Å². The number of fused-ring (bicyclic) bond motifs is 1. The van der Waals surface area contributed by atoms with E-state index in [1.807, 2.05) is 18.2 Å². The molecule has 1 unspecified atom stereocenters. The van der Waals surface area contributed by atoms with Crippen LogP contribution in [0.25, 0.3) is 32.7 Å². The lowest BCUT2D eigenvalue weighted by molar-refractivity contribution is 0.0494. The third-order valence-electron chi connectivity index (χ3n) is 10.3. The van der Waals surface area contributed by atoms with Gasteiger partial charge in [-0.3, -0.25) is 0 Å². The van der Waals surface area contributed by atoms with Gasteiger partial charge < -0.3 is 29.4 Å². The average molecular weight is 1050 g/mol. The Morgan fingerprint density at radius 2 is 1.37 bits per heavy atom. The van der Waals surface area contributed by atoms with Gasteiger partial charge in [0.2, 0.25) is 25.9 Å². The number of thiazole rings is 1. The number of nitrogens with one attached hydrogen (secondary N) is 2. The summed E-state index contributed by atoms with van der Waals surface area (Å²) in [5, 5.41) is 26.8. The van der Waals surface area contributed by atoms with E-state index in [1.54, 1.807) is 101 Å². The zero-order chi connectivity index (χ0) is 48.8. The molecule has 3 N–H and O–H groups in total. The van der Waals surface area contributed by atoms with Gasteiger partial charge in [0.1, 0.15) is 32.6 Å². The molecule has 22 heteroatoms. The molecule has 358 valence electrons. The van der Waals surface area contributed by atoms with Crippen molar-refractivity contribution in [3.8, 4) is 39.8 Å². The molecule has 1 amide bonds. The second-order valence-corrected chi connectivity index (χ2v) is 22.2. The number of para-hydroxylation sites is 1. The third-order valence-corrected chi connectivity index (χ3v) is 15.2. The van der Waals surface area contributed by atoms with Crippen LogP contribution in [0.5, 0.6) is 17.2 Å². The van der Waals surface area contributed by atoms with Crippen molar-refractivity contribution in [1.29, 1.82) is 0 Å². The molecule has 7 aromatic rings. The maximum absolute atomic E-state index is 16.0. The van der Waals surface area contributed by atoms with Gasteiger partial charge in [-0.25, -0.2) is 31.3 Å². The highest BCUT2D eigenvalue weighted by molar-refractivity contribution is 9.11. The second kappa shape index (κ2) is 21.1. The topological polar surface area (TPSA) is 226 Å². The van der Waals surface area contributed by atoms with Crippen LogP contribution in [0, 0.1) is 0 Å². The Kier molecular flexibility index (Phi) is 15.5. The van der Waals surface area contributed by atoms with Crippen molar-refractivity contribution >= 4 is 63.6 Å². The van der Waals surface area contributed by atoms with Gasteiger partial charge in [0.05, 0.1) is 49.8 Å². The fourth-order valence-corrected chi connectivity index (χ4v) is 11.9. The van der Waals surface area contributed by atoms with Gasteiger partial charge in [0.25, 0.3) is 0 Å². The third kappa shape index (κ3) is 12.0. The van der Waals surface area contributed by atoms with E-state index in [4.69, 9.17) is 29.0 Å². The zero-order valence-electron chi connectivity index (χ0n) is 37.8. The molecule has 0 aliphatic heterocycles. The number of ether oxygens (including phenoxy) is 4. The SMILES string of the molecule is COc1ccc(CN(Cc2ccc(OC)cc2)S(=O)(=O)c2c(S(=O)(=O)NCC(O)CNC(=O)OC(C)(C)C)ccc(-c3cccc4sc(Br)nc34)c2-c2nnn(Cc3ccc(OC)cc3)n2)cc1. The summed E-state index contributed by atoms with van der Waals surface area (Å²) in [5.74, 6) is 1.52. The van der Waals surface area contributed by atoms with Crippen molar-refractivity contribution in [2.45, 2.75) is 61.9 Å². The summed E-state index contributed by atoms with van der Waals surface area (Å²) in [5.41, 5.74) is 2.09. The first-order chi connectivity index (χ1) is 32.4. The van der Waals surface area contributed by atoms with Gasteiger partial charge in [-0.2, -0.15) is 9.10 Å². The van der Waals surface area contributed by atoms with Crippen molar-refractivity contribution < 1.29 is 45.7 Å². The number of alkyl carbamates (subject to hydrolysis) is 1. The number of sulfonamides is 2. The largest absolute Gasteiger partial charge is 0.497 e. The number of hydrogen-bond acceptors (Lipinski definition) is 15. The molecule has 68 heavy (non-hydrogen) atoms. The van der Waals surface area contributed by atoms with Crippen molar-refractivity contribution in [2.24, 2.45) is 0 Å². The molecule has 2 aromatic heterocycles. The maximum Gasteiger partial charge on any atom is 0.407 e. The number of aliphatic hydroxyl groups excluding tert-OH is 1. The van der Waals surface area contributed by atoms with Crippen LogP contribution in [-0.2, 0) is 44.4 Å². The Bertz CT molecular complexity index is 3060. The smallest absolute Gasteiger partial charge is 0.407 e. The summed E-state index contributed by atoms with van der Waals surface area (Å²) >= 11 is 4.85. The molecular weight excluding hydrogens is 1000 g/mol. The van der Waals surface area contributed by atoms with E-state index in [0.717, 1.165) is 10.3 Å². The number of aromatic nitrogens is 5. The van der Waals surface area contributed by atoms with E-state index < -0.39 is 60.7 Å². The van der Waals surface area contributed by atoms with Crippen LogP contribution >= 0.6 is 27.3 Å². The number of carbonyl (C=O) groups excluding carboxylic acids is 1. The number of amides is 1. The molecule has 18 nitrogen and oxygen atoms in total. The van der Waals surface area contributed by atoms with Crippen LogP contribution < -0.4 is 24.2 Å². The first-order valence-electron chi connectivity index (χ1n) is 20.9. The number of benzene rings is 5. The fraction of sp³-hybridized carbons (Fsp3) is 0.283. The molecule has 0 saturated heterocycles. The van der Waals surface area contributed by atoms with Gasteiger partial charge in [-0.05, 0) is 113 Å². The number of methoxy groups -OCH3 is 3. The van der Waals surface area contributed by atoms with Crippen LogP contribution in [0.15, 0.2) is 117 Å². The van der Waals surface area contributed by atoms with E-state index in [-0.39, 0.29) is 36.6 Å². The number of nitrogens with zero attached hydrogens (tertiary/aromatic N) is 6. The average Bonchev–Trinajstić information content (AvgIpc) is 3.95. The molecule has 7 rings (SSSR count). The molecule has 0 spiro atoms. The van der Waals surface area contributed by atoms with Gasteiger partial charge >= 0.3 is 6.09 Å². The highest BCUT2D eigenvalue weighted by Gasteiger charge is 2.38. The lowest BCUT2D eigenvalue weighted by Gasteiger charge is -2.26. The van der Waals surface area contributed by atoms with E-state index in [1.165, 1.54) is 46.8 Å². The highest BCUT2D eigenvalue weighted by Crippen LogP contribution is 2.44. The number of rotatable bonds is 19. The van der Waals surface area contributed by atoms with Crippen LogP contribution in [0.3, 0.4) is 0 Å². The maximum atomic E-state index is 16.0. The van der Waals surface area contributed by atoms with E-state index >= 15 is 8.42 Å². The van der Waals surface area contributed by atoms with Crippen molar-refractivity contribution in [1.82, 2.24) is 39.5 Å². The zero-order valence-corrected chi connectivity index (χ0v) is 41.9. The molecule has 0 fully saturated rings. The standard InChI is InChI=1S/C46H49BrN8O10S3/c1-46(2,3)65-45(57)48-24-32(56)25-49-67(58,59)39-23-22-36(37-8-7-9-38-41(37)50-44(47)66-38)40(43-51-53-55(52-43)28-31-14-20-35(64-6)21-15-31)42(39)68(60,61)54(26-29-10-16-33(62-4)17-11-29)27-30-12-18-34(63-5)19-13-30/h7-23,32,49,56H,24-28H2,1-6H3,(H,48,57). The quantitative estimate of drug-likeness (QED) is 0.0741. The summed E-state index contributed by atoms with van der Waals surface area (Å²) in [6, 6.07) is 28.9. The first kappa shape index (κ1) is 49.9. The van der Waals surface area contributed by atoms with Gasteiger partial charge in [0.15, 0.2) is 3.92 Å². The number of aliphatic hydroxyl groups is 1. The molecule has 0 radical (unpaired) electrons. The number of halogens is 1. The lowest BCUT2D eigenvalue weighted by Crippen LogP contribution is -2.42. The predicted molar refractivity (Wildman–Crippen MR) is 260 cm³/mol. The molecule has 0 aliphatic carbocycles. The molecule has 0 aliphatic rings. The molecule has 5 aromatic carbocycles. The Balaban J connectivity index is 1.44. The number of tetrazole rings is 1. The Labute approximate surface area is 406 Å². The Morgan fingerprint density at radius 1 is 0.794 bits per heavy atom. The highest BCUT2D eigenvalue weighted by atomic mass is 79.9. The fourth-order valence-electron chi connectivity index (χ4n) is 7.02. The van der Waals surface area contributed by atoms with Crippen molar-refractivity contribution in [3.63, 3.8) is 0 Å². The van der Waals surface area contributed by atoms with E-state index in [0.29, 0.717) is 43.4 Å². The minimum atomic E-state index is -4.98. The predicted octanol–water partition coefficient (Wildman–Crippen LogP) is 7.01. The van der Waals surface area contributed by atoms with Crippen molar-refractivity contribution in [3.05, 3.63) is 124 Å². The molecule has 0 bridgehead atoms. The van der Waals surface area contributed by atoms with E-state index in [2.05, 4.69) is 36.3 Å². The number of hydrogen-bond donors (Lipinski definition) is 3. The molecule has 1 atom stereocenters. The number of carbonyl (C=O) groups is 1.